The van der Waals surface area contributed by atoms with Crippen LogP contribution < -0.4 is 9.62 Å². The third kappa shape index (κ3) is 3.56. The van der Waals surface area contributed by atoms with Gasteiger partial charge in [0.05, 0.1) is 4.90 Å². The molecule has 126 valence electrons. The molecule has 0 atom stereocenters. The number of nitrogens with one attached hydrogen (secondary N) is 1. The molecule has 1 heterocycles. The van der Waals surface area contributed by atoms with Gasteiger partial charge in [-0.3, -0.25) is 9.52 Å². The van der Waals surface area contributed by atoms with E-state index >= 15 is 0 Å². The van der Waals surface area contributed by atoms with Crippen molar-refractivity contribution in [1.29, 1.82) is 0 Å². The number of carbonyl (C=O) groups is 1. The van der Waals surface area contributed by atoms with Crippen LogP contribution in [0.15, 0.2) is 47.4 Å². The van der Waals surface area contributed by atoms with E-state index < -0.39 is 10.0 Å². The van der Waals surface area contributed by atoms with Crippen LogP contribution in [0.3, 0.4) is 0 Å². The summed E-state index contributed by atoms with van der Waals surface area (Å²) in [6.07, 6.45) is 1.39. The molecule has 1 aliphatic rings. The van der Waals surface area contributed by atoms with Crippen LogP contribution in [0.1, 0.15) is 18.4 Å². The maximum Gasteiger partial charge on any atom is 0.261 e. The molecule has 0 aliphatic carbocycles. The maximum absolute atomic E-state index is 12.5. The molecule has 0 spiro atoms. The Morgan fingerprint density at radius 1 is 1.12 bits per heavy atom. The monoisotopic (exact) mass is 456 g/mol. The average Bonchev–Trinajstić information content (AvgIpc) is 2.95. The molecule has 0 unspecified atom stereocenters. The van der Waals surface area contributed by atoms with Crippen LogP contribution in [0.2, 0.25) is 0 Å². The third-order valence-electron chi connectivity index (χ3n) is 3.94. The van der Waals surface area contributed by atoms with Crippen LogP contribution >= 0.6 is 22.6 Å². The van der Waals surface area contributed by atoms with Crippen molar-refractivity contribution in [2.75, 3.05) is 16.2 Å². The van der Waals surface area contributed by atoms with E-state index in [1.807, 2.05) is 19.1 Å². The van der Waals surface area contributed by atoms with E-state index in [1.165, 1.54) is 0 Å². The van der Waals surface area contributed by atoms with E-state index in [9.17, 15) is 13.2 Å². The minimum Gasteiger partial charge on any atom is -0.312 e. The Bertz CT molecular complexity index is 879. The van der Waals surface area contributed by atoms with Gasteiger partial charge in [-0.15, -0.1) is 0 Å². The smallest absolute Gasteiger partial charge is 0.261 e. The van der Waals surface area contributed by atoms with Crippen molar-refractivity contribution in [1.82, 2.24) is 0 Å². The van der Waals surface area contributed by atoms with Gasteiger partial charge < -0.3 is 4.90 Å². The lowest BCUT2D eigenvalue weighted by Gasteiger charge is -2.19. The van der Waals surface area contributed by atoms with E-state index in [4.69, 9.17) is 0 Å². The van der Waals surface area contributed by atoms with Crippen molar-refractivity contribution in [3.05, 3.63) is 51.6 Å². The summed E-state index contributed by atoms with van der Waals surface area (Å²) < 4.78 is 28.7. The lowest BCUT2D eigenvalue weighted by molar-refractivity contribution is -0.117. The lowest BCUT2D eigenvalue weighted by atomic mass is 10.2. The number of sulfonamides is 1. The molecule has 24 heavy (non-hydrogen) atoms. The third-order valence-corrected chi connectivity index (χ3v) is 6.04. The molecular formula is C17H17IN2O3S. The molecule has 2 aromatic carbocycles. The lowest BCUT2D eigenvalue weighted by Crippen LogP contribution is -2.24. The first kappa shape index (κ1) is 17.2. The molecule has 5 nitrogen and oxygen atoms in total. The van der Waals surface area contributed by atoms with Crippen LogP contribution in [0.5, 0.6) is 0 Å². The van der Waals surface area contributed by atoms with E-state index in [0.717, 1.165) is 21.2 Å². The van der Waals surface area contributed by atoms with Crippen molar-refractivity contribution >= 4 is 49.9 Å². The summed E-state index contributed by atoms with van der Waals surface area (Å²) in [7, 11) is -3.66. The van der Waals surface area contributed by atoms with Crippen molar-refractivity contribution in [3.63, 3.8) is 0 Å². The van der Waals surface area contributed by atoms with Gasteiger partial charge in [0.25, 0.3) is 10.0 Å². The van der Waals surface area contributed by atoms with Gasteiger partial charge in [0.15, 0.2) is 0 Å². The average molecular weight is 456 g/mol. The summed E-state index contributed by atoms with van der Waals surface area (Å²) in [5.41, 5.74) is 2.08. The maximum atomic E-state index is 12.5. The second-order valence-corrected chi connectivity index (χ2v) is 8.64. The summed E-state index contributed by atoms with van der Waals surface area (Å²) >= 11 is 2.16. The predicted molar refractivity (Wildman–Crippen MR) is 103 cm³/mol. The fourth-order valence-electron chi connectivity index (χ4n) is 2.73. The van der Waals surface area contributed by atoms with E-state index in [2.05, 4.69) is 27.3 Å². The number of hydrogen-bond acceptors (Lipinski definition) is 3. The molecular weight excluding hydrogens is 439 g/mol. The first-order valence-electron chi connectivity index (χ1n) is 7.56. The molecule has 1 aliphatic heterocycles. The van der Waals surface area contributed by atoms with Gasteiger partial charge in [-0.1, -0.05) is 0 Å². The van der Waals surface area contributed by atoms with Gasteiger partial charge in [-0.25, -0.2) is 8.42 Å². The topological polar surface area (TPSA) is 66.5 Å². The Balaban J connectivity index is 1.87. The minimum atomic E-state index is -3.66. The van der Waals surface area contributed by atoms with Gasteiger partial charge in [0.2, 0.25) is 5.91 Å². The molecule has 1 fully saturated rings. The van der Waals surface area contributed by atoms with E-state index in [-0.39, 0.29) is 10.8 Å². The SMILES string of the molecule is Cc1cc(S(=O)(=O)Nc2ccc(I)cc2)ccc1N1CCCC1=O. The minimum absolute atomic E-state index is 0.0886. The number of rotatable bonds is 4. The predicted octanol–water partition coefficient (Wildman–Crippen LogP) is 3.53. The highest BCUT2D eigenvalue weighted by Gasteiger charge is 2.24. The molecule has 7 heteroatoms. The first-order chi connectivity index (χ1) is 11.4. The van der Waals surface area contributed by atoms with Crippen molar-refractivity contribution < 1.29 is 13.2 Å². The summed E-state index contributed by atoms with van der Waals surface area (Å²) in [5, 5.41) is 0. The van der Waals surface area contributed by atoms with Crippen LogP contribution in [-0.2, 0) is 14.8 Å². The van der Waals surface area contributed by atoms with Crippen LogP contribution in [0.25, 0.3) is 0 Å². The molecule has 0 bridgehead atoms. The van der Waals surface area contributed by atoms with E-state index in [0.29, 0.717) is 18.7 Å². The molecule has 1 amide bonds. The van der Waals surface area contributed by atoms with Crippen molar-refractivity contribution in [2.24, 2.45) is 0 Å². The van der Waals surface area contributed by atoms with Crippen LogP contribution in [0, 0.1) is 10.5 Å². The second kappa shape index (κ2) is 6.72. The van der Waals surface area contributed by atoms with Crippen molar-refractivity contribution in [3.8, 4) is 0 Å². The standard InChI is InChI=1S/C17H17IN2O3S/c1-12-11-15(8-9-16(12)20-10-2-3-17(20)21)24(22,23)19-14-6-4-13(18)5-7-14/h4-9,11,19H,2-3,10H2,1H3. The number of benzene rings is 2. The molecule has 0 radical (unpaired) electrons. The fourth-order valence-corrected chi connectivity index (χ4v) is 4.24. The van der Waals surface area contributed by atoms with E-state index in [1.54, 1.807) is 35.2 Å². The first-order valence-corrected chi connectivity index (χ1v) is 10.1. The van der Waals surface area contributed by atoms with Gasteiger partial charge in [-0.05, 0) is 84.0 Å². The van der Waals surface area contributed by atoms with Crippen LogP contribution in [0.4, 0.5) is 11.4 Å². The zero-order valence-corrected chi connectivity index (χ0v) is 16.1. The number of aryl methyl sites for hydroxylation is 1. The highest BCUT2D eigenvalue weighted by molar-refractivity contribution is 14.1. The Labute approximate surface area is 155 Å². The van der Waals surface area contributed by atoms with Gasteiger partial charge in [0, 0.05) is 27.9 Å². The summed E-state index contributed by atoms with van der Waals surface area (Å²) in [5.74, 6) is 0.0886. The highest BCUT2D eigenvalue weighted by Crippen LogP contribution is 2.28. The Kier molecular flexibility index (Phi) is 4.82. The van der Waals surface area contributed by atoms with Gasteiger partial charge in [0.1, 0.15) is 0 Å². The van der Waals surface area contributed by atoms with Gasteiger partial charge >= 0.3 is 0 Å². The molecule has 0 aromatic heterocycles. The quantitative estimate of drug-likeness (QED) is 0.717. The van der Waals surface area contributed by atoms with Crippen molar-refractivity contribution in [2.45, 2.75) is 24.7 Å². The molecule has 3 rings (SSSR count). The number of halogens is 1. The fraction of sp³-hybridized carbons (Fsp3) is 0.235. The normalized spacial score (nSPS) is 14.9. The molecule has 0 saturated carbocycles. The zero-order chi connectivity index (χ0) is 17.3. The Morgan fingerprint density at radius 3 is 2.42 bits per heavy atom. The largest absolute Gasteiger partial charge is 0.312 e. The second-order valence-electron chi connectivity index (χ2n) is 5.71. The Morgan fingerprint density at radius 2 is 1.83 bits per heavy atom. The number of carbonyl (C=O) groups excluding carboxylic acids is 1. The zero-order valence-electron chi connectivity index (χ0n) is 13.1. The molecule has 2 aromatic rings. The Hall–Kier alpha value is -1.61. The number of amides is 1. The summed E-state index contributed by atoms with van der Waals surface area (Å²) in [4.78, 5) is 13.8. The number of anilines is 2. The summed E-state index contributed by atoms with van der Waals surface area (Å²) in [6, 6.07) is 12.0. The highest BCUT2D eigenvalue weighted by atomic mass is 127. The molecule has 1 saturated heterocycles. The molecule has 1 N–H and O–H groups in total. The number of hydrogen-bond donors (Lipinski definition) is 1. The number of nitrogens with zero attached hydrogens (tertiary/aromatic N) is 1. The van der Waals surface area contributed by atoms with Crippen LogP contribution in [-0.4, -0.2) is 20.9 Å². The van der Waals surface area contributed by atoms with Gasteiger partial charge in [-0.2, -0.15) is 0 Å². The summed E-state index contributed by atoms with van der Waals surface area (Å²) in [6.45, 7) is 2.51.